The van der Waals surface area contributed by atoms with E-state index in [0.29, 0.717) is 5.92 Å². The van der Waals surface area contributed by atoms with E-state index in [4.69, 9.17) is 0 Å². The van der Waals surface area contributed by atoms with Gasteiger partial charge in [0.25, 0.3) is 0 Å². The Bertz CT molecular complexity index is 455. The van der Waals surface area contributed by atoms with Gasteiger partial charge in [0.2, 0.25) is 0 Å². The van der Waals surface area contributed by atoms with Crippen molar-refractivity contribution in [3.63, 3.8) is 0 Å². The van der Waals surface area contributed by atoms with Gasteiger partial charge in [0, 0.05) is 19.8 Å². The van der Waals surface area contributed by atoms with Crippen LogP contribution in [0.2, 0.25) is 0 Å². The topological polar surface area (TPSA) is 3.24 Å². The molecule has 84 valence electrons. The van der Waals surface area contributed by atoms with Crippen molar-refractivity contribution in [3.8, 4) is 0 Å². The third-order valence-electron chi connectivity index (χ3n) is 3.03. The maximum atomic E-state index is 2.30. The van der Waals surface area contributed by atoms with Crippen molar-refractivity contribution >= 4 is 16.5 Å². The maximum absolute atomic E-state index is 2.30. The summed E-state index contributed by atoms with van der Waals surface area (Å²) in [6, 6.07) is 13.3. The van der Waals surface area contributed by atoms with Gasteiger partial charge in [-0.3, -0.25) is 0 Å². The fourth-order valence-corrected chi connectivity index (χ4v) is 1.89. The first-order valence-electron chi connectivity index (χ1n) is 5.79. The first-order chi connectivity index (χ1) is 7.58. The highest BCUT2D eigenvalue weighted by Gasteiger charge is 2.02. The lowest BCUT2D eigenvalue weighted by Crippen LogP contribution is -2.08. The van der Waals surface area contributed by atoms with Crippen LogP contribution in [0.5, 0.6) is 0 Å². The molecule has 16 heavy (non-hydrogen) atoms. The van der Waals surface area contributed by atoms with Crippen molar-refractivity contribution < 1.29 is 0 Å². The van der Waals surface area contributed by atoms with Gasteiger partial charge < -0.3 is 4.90 Å². The Morgan fingerprint density at radius 2 is 1.56 bits per heavy atom. The summed E-state index contributed by atoms with van der Waals surface area (Å²) in [5, 5.41) is 2.65. The van der Waals surface area contributed by atoms with E-state index >= 15 is 0 Å². The minimum atomic E-state index is 0.590. The third kappa shape index (κ3) is 2.04. The minimum Gasteiger partial charge on any atom is -0.378 e. The van der Waals surface area contributed by atoms with Crippen LogP contribution in [0.4, 0.5) is 5.69 Å². The zero-order valence-corrected chi connectivity index (χ0v) is 10.5. The third-order valence-corrected chi connectivity index (χ3v) is 3.03. The zero-order chi connectivity index (χ0) is 11.7. The van der Waals surface area contributed by atoms with Crippen LogP contribution < -0.4 is 4.90 Å². The molecule has 0 saturated carbocycles. The molecule has 0 saturated heterocycles. The van der Waals surface area contributed by atoms with E-state index in [9.17, 15) is 0 Å². The van der Waals surface area contributed by atoms with Crippen molar-refractivity contribution in [1.82, 2.24) is 0 Å². The Morgan fingerprint density at radius 3 is 2.19 bits per heavy atom. The van der Waals surface area contributed by atoms with Gasteiger partial charge in [-0.2, -0.15) is 0 Å². The monoisotopic (exact) mass is 213 g/mol. The molecular formula is C15H19N. The van der Waals surface area contributed by atoms with E-state index in [0.717, 1.165) is 0 Å². The summed E-state index contributed by atoms with van der Waals surface area (Å²) < 4.78 is 0. The van der Waals surface area contributed by atoms with Crippen LogP contribution in [0.1, 0.15) is 25.3 Å². The van der Waals surface area contributed by atoms with Crippen LogP contribution in [0.25, 0.3) is 10.8 Å². The SMILES string of the molecule is CC(C)c1ccc2ccc(N(C)C)cc2c1. The Labute approximate surface area is 97.7 Å². The molecule has 0 aromatic heterocycles. The van der Waals surface area contributed by atoms with Crippen LogP contribution >= 0.6 is 0 Å². The van der Waals surface area contributed by atoms with Gasteiger partial charge in [-0.15, -0.1) is 0 Å². The molecule has 0 unspecified atom stereocenters. The number of hydrogen-bond acceptors (Lipinski definition) is 1. The second-order valence-corrected chi connectivity index (χ2v) is 4.84. The number of anilines is 1. The van der Waals surface area contributed by atoms with Gasteiger partial charge in [-0.05, 0) is 34.4 Å². The van der Waals surface area contributed by atoms with Crippen molar-refractivity contribution in [2.75, 3.05) is 19.0 Å². The predicted octanol–water partition coefficient (Wildman–Crippen LogP) is 4.03. The summed E-state index contributed by atoms with van der Waals surface area (Å²) >= 11 is 0. The molecule has 0 radical (unpaired) electrons. The Hall–Kier alpha value is -1.50. The van der Waals surface area contributed by atoms with E-state index in [1.165, 1.54) is 22.0 Å². The van der Waals surface area contributed by atoms with Crippen LogP contribution in [-0.2, 0) is 0 Å². The highest BCUT2D eigenvalue weighted by Crippen LogP contribution is 2.24. The molecule has 0 fully saturated rings. The predicted molar refractivity (Wildman–Crippen MR) is 72.4 cm³/mol. The van der Waals surface area contributed by atoms with E-state index < -0.39 is 0 Å². The van der Waals surface area contributed by atoms with Crippen molar-refractivity contribution in [2.24, 2.45) is 0 Å². The lowest BCUT2D eigenvalue weighted by molar-refractivity contribution is 0.869. The van der Waals surface area contributed by atoms with Crippen molar-refractivity contribution in [2.45, 2.75) is 19.8 Å². The fraction of sp³-hybridized carbons (Fsp3) is 0.333. The molecule has 0 aliphatic carbocycles. The highest BCUT2D eigenvalue weighted by molar-refractivity contribution is 5.86. The smallest absolute Gasteiger partial charge is 0.0367 e. The minimum absolute atomic E-state index is 0.590. The number of fused-ring (bicyclic) bond motifs is 1. The average molecular weight is 213 g/mol. The molecule has 0 bridgehead atoms. The van der Waals surface area contributed by atoms with Gasteiger partial charge in [-0.25, -0.2) is 0 Å². The number of nitrogens with zero attached hydrogens (tertiary/aromatic N) is 1. The molecular weight excluding hydrogens is 194 g/mol. The molecule has 0 atom stereocenters. The van der Waals surface area contributed by atoms with Crippen LogP contribution in [0, 0.1) is 0 Å². The van der Waals surface area contributed by atoms with Crippen LogP contribution in [0.15, 0.2) is 36.4 Å². The maximum Gasteiger partial charge on any atom is 0.0367 e. The van der Waals surface area contributed by atoms with Gasteiger partial charge in [-0.1, -0.05) is 38.1 Å². The number of hydrogen-bond donors (Lipinski definition) is 0. The largest absolute Gasteiger partial charge is 0.378 e. The molecule has 0 spiro atoms. The van der Waals surface area contributed by atoms with Crippen LogP contribution in [-0.4, -0.2) is 14.1 Å². The number of rotatable bonds is 2. The lowest BCUT2D eigenvalue weighted by atomic mass is 9.99. The van der Waals surface area contributed by atoms with Gasteiger partial charge in [0.1, 0.15) is 0 Å². The highest BCUT2D eigenvalue weighted by atomic mass is 15.1. The molecule has 0 aliphatic rings. The molecule has 0 N–H and O–H groups in total. The zero-order valence-electron chi connectivity index (χ0n) is 10.5. The Balaban J connectivity index is 2.56. The first-order valence-corrected chi connectivity index (χ1v) is 5.79. The van der Waals surface area contributed by atoms with Gasteiger partial charge in [0.05, 0.1) is 0 Å². The lowest BCUT2D eigenvalue weighted by Gasteiger charge is -2.14. The quantitative estimate of drug-likeness (QED) is 0.728. The normalized spacial score (nSPS) is 11.1. The van der Waals surface area contributed by atoms with Crippen molar-refractivity contribution in [3.05, 3.63) is 42.0 Å². The average Bonchev–Trinajstić information content (AvgIpc) is 2.27. The number of benzene rings is 2. The molecule has 2 aromatic rings. The van der Waals surface area contributed by atoms with E-state index in [2.05, 4.69) is 69.2 Å². The second kappa shape index (κ2) is 4.17. The van der Waals surface area contributed by atoms with E-state index in [-0.39, 0.29) is 0 Å². The molecule has 1 heteroatoms. The summed E-state index contributed by atoms with van der Waals surface area (Å²) in [5.74, 6) is 0.590. The first kappa shape index (κ1) is 11.0. The molecule has 2 aromatic carbocycles. The van der Waals surface area contributed by atoms with E-state index in [1.807, 2.05) is 0 Å². The molecule has 0 aliphatic heterocycles. The standard InChI is InChI=1S/C15H19N/c1-11(2)13-6-5-12-7-8-15(16(3)4)10-14(12)9-13/h5-11H,1-4H3. The second-order valence-electron chi connectivity index (χ2n) is 4.84. The van der Waals surface area contributed by atoms with Gasteiger partial charge >= 0.3 is 0 Å². The summed E-state index contributed by atoms with van der Waals surface area (Å²) in [5.41, 5.74) is 2.66. The molecule has 2 rings (SSSR count). The fourth-order valence-electron chi connectivity index (χ4n) is 1.89. The summed E-state index contributed by atoms with van der Waals surface area (Å²) in [6.45, 7) is 4.47. The van der Waals surface area contributed by atoms with Crippen molar-refractivity contribution in [1.29, 1.82) is 0 Å². The summed E-state index contributed by atoms with van der Waals surface area (Å²) in [6.07, 6.45) is 0. The molecule has 0 amide bonds. The molecule has 0 heterocycles. The Kier molecular flexibility index (Phi) is 2.86. The van der Waals surface area contributed by atoms with Gasteiger partial charge in [0.15, 0.2) is 0 Å². The van der Waals surface area contributed by atoms with E-state index in [1.54, 1.807) is 0 Å². The summed E-state index contributed by atoms with van der Waals surface area (Å²) in [7, 11) is 4.15. The Morgan fingerprint density at radius 1 is 0.875 bits per heavy atom. The molecule has 1 nitrogen and oxygen atoms in total. The van der Waals surface area contributed by atoms with Crippen LogP contribution in [0.3, 0.4) is 0 Å². The summed E-state index contributed by atoms with van der Waals surface area (Å²) in [4.78, 5) is 2.14.